The Morgan fingerprint density at radius 1 is 1.00 bits per heavy atom. The average Bonchev–Trinajstić information content (AvgIpc) is 2.48. The van der Waals surface area contributed by atoms with Crippen molar-refractivity contribution in [2.24, 2.45) is 0 Å². The van der Waals surface area contributed by atoms with Gasteiger partial charge in [0.05, 0.1) is 13.1 Å². The standard InChI is InChI=1S/C17H20N2O/c20-17(13-19-10-4-1-5-11-19)18-16-9-8-14-6-2-3-7-15(14)12-16/h2-3,6-9,12H,1,4-5,10-11,13H2,(H,18,20)/p+1. The molecule has 3 rings (SSSR count). The molecule has 3 heteroatoms. The van der Waals surface area contributed by atoms with E-state index >= 15 is 0 Å². The summed E-state index contributed by atoms with van der Waals surface area (Å²) < 4.78 is 0. The fraction of sp³-hybridized carbons (Fsp3) is 0.353. The van der Waals surface area contributed by atoms with E-state index in [1.54, 1.807) is 0 Å². The number of piperidine rings is 1. The zero-order valence-corrected chi connectivity index (χ0v) is 11.7. The molecule has 1 amide bonds. The Bertz CT molecular complexity index is 603. The zero-order chi connectivity index (χ0) is 13.8. The van der Waals surface area contributed by atoms with Crippen LogP contribution in [0.4, 0.5) is 5.69 Å². The summed E-state index contributed by atoms with van der Waals surface area (Å²) in [7, 11) is 0. The van der Waals surface area contributed by atoms with E-state index in [0.29, 0.717) is 6.54 Å². The van der Waals surface area contributed by atoms with Crippen LogP contribution >= 0.6 is 0 Å². The number of rotatable bonds is 3. The average molecular weight is 269 g/mol. The fourth-order valence-corrected chi connectivity index (χ4v) is 2.93. The van der Waals surface area contributed by atoms with Crippen LogP contribution < -0.4 is 10.2 Å². The molecule has 20 heavy (non-hydrogen) atoms. The Labute approximate surface area is 119 Å². The summed E-state index contributed by atoms with van der Waals surface area (Å²) >= 11 is 0. The summed E-state index contributed by atoms with van der Waals surface area (Å²) in [6.07, 6.45) is 3.81. The number of likely N-dealkylation sites (tertiary alicyclic amines) is 1. The second kappa shape index (κ2) is 6.06. The number of fused-ring (bicyclic) bond motifs is 1. The van der Waals surface area contributed by atoms with Gasteiger partial charge in [0.2, 0.25) is 0 Å². The van der Waals surface area contributed by atoms with Crippen LogP contribution in [0, 0.1) is 0 Å². The predicted molar refractivity (Wildman–Crippen MR) is 82.0 cm³/mol. The first-order valence-corrected chi connectivity index (χ1v) is 7.43. The van der Waals surface area contributed by atoms with Gasteiger partial charge in [-0.1, -0.05) is 30.3 Å². The van der Waals surface area contributed by atoms with Gasteiger partial charge in [-0.3, -0.25) is 4.79 Å². The van der Waals surface area contributed by atoms with Crippen LogP contribution in [-0.4, -0.2) is 25.5 Å². The summed E-state index contributed by atoms with van der Waals surface area (Å²) in [5.41, 5.74) is 0.894. The van der Waals surface area contributed by atoms with E-state index in [2.05, 4.69) is 23.5 Å². The first kappa shape index (κ1) is 13.1. The topological polar surface area (TPSA) is 33.5 Å². The SMILES string of the molecule is O=C(C[NH+]1CCCCC1)Nc1ccc2ccccc2c1. The number of benzene rings is 2. The van der Waals surface area contributed by atoms with Gasteiger partial charge in [-0.2, -0.15) is 0 Å². The van der Waals surface area contributed by atoms with Crippen molar-refractivity contribution in [1.29, 1.82) is 0 Å². The van der Waals surface area contributed by atoms with Crippen LogP contribution in [0.5, 0.6) is 0 Å². The molecular formula is C17H21N2O+. The maximum absolute atomic E-state index is 12.1. The van der Waals surface area contributed by atoms with E-state index in [1.165, 1.54) is 29.5 Å². The van der Waals surface area contributed by atoms with Gasteiger partial charge in [-0.05, 0) is 42.2 Å². The molecule has 0 spiro atoms. The molecule has 0 saturated carbocycles. The molecule has 1 heterocycles. The molecule has 104 valence electrons. The molecule has 0 atom stereocenters. The lowest BCUT2D eigenvalue weighted by molar-refractivity contribution is -0.896. The number of amides is 1. The number of nitrogens with one attached hydrogen (secondary N) is 2. The van der Waals surface area contributed by atoms with Crippen molar-refractivity contribution < 1.29 is 9.69 Å². The summed E-state index contributed by atoms with van der Waals surface area (Å²) in [6, 6.07) is 14.3. The second-order valence-electron chi connectivity index (χ2n) is 5.60. The first-order chi connectivity index (χ1) is 9.81. The van der Waals surface area contributed by atoms with Crippen molar-refractivity contribution in [1.82, 2.24) is 0 Å². The van der Waals surface area contributed by atoms with Crippen LogP contribution in [0.2, 0.25) is 0 Å². The van der Waals surface area contributed by atoms with E-state index in [4.69, 9.17) is 0 Å². The smallest absolute Gasteiger partial charge is 0.279 e. The molecule has 0 aliphatic carbocycles. The van der Waals surface area contributed by atoms with Gasteiger partial charge < -0.3 is 10.2 Å². The highest BCUT2D eigenvalue weighted by molar-refractivity contribution is 5.94. The fourth-order valence-electron chi connectivity index (χ4n) is 2.93. The van der Waals surface area contributed by atoms with Crippen molar-refractivity contribution in [2.75, 3.05) is 25.0 Å². The van der Waals surface area contributed by atoms with Crippen LogP contribution in [0.1, 0.15) is 19.3 Å². The summed E-state index contributed by atoms with van der Waals surface area (Å²) in [5.74, 6) is 0.122. The van der Waals surface area contributed by atoms with E-state index in [-0.39, 0.29) is 5.91 Å². The van der Waals surface area contributed by atoms with Gasteiger partial charge in [0.15, 0.2) is 6.54 Å². The highest BCUT2D eigenvalue weighted by atomic mass is 16.2. The second-order valence-corrected chi connectivity index (χ2v) is 5.60. The molecular weight excluding hydrogens is 248 g/mol. The van der Waals surface area contributed by atoms with E-state index in [9.17, 15) is 4.79 Å². The van der Waals surface area contributed by atoms with Crippen molar-refractivity contribution in [3.05, 3.63) is 42.5 Å². The molecule has 0 unspecified atom stereocenters. The van der Waals surface area contributed by atoms with Gasteiger partial charge >= 0.3 is 0 Å². The van der Waals surface area contributed by atoms with Crippen LogP contribution in [0.3, 0.4) is 0 Å². The number of hydrogen-bond acceptors (Lipinski definition) is 1. The quantitative estimate of drug-likeness (QED) is 0.876. The van der Waals surface area contributed by atoms with Gasteiger partial charge in [0, 0.05) is 5.69 Å². The van der Waals surface area contributed by atoms with Crippen LogP contribution in [-0.2, 0) is 4.79 Å². The Hall–Kier alpha value is -1.87. The molecule has 2 aromatic rings. The van der Waals surface area contributed by atoms with E-state index < -0.39 is 0 Å². The first-order valence-electron chi connectivity index (χ1n) is 7.43. The van der Waals surface area contributed by atoms with E-state index in [1.807, 2.05) is 24.3 Å². The van der Waals surface area contributed by atoms with Crippen molar-refractivity contribution in [3.8, 4) is 0 Å². The minimum absolute atomic E-state index is 0.122. The molecule has 1 saturated heterocycles. The molecule has 2 aromatic carbocycles. The maximum atomic E-state index is 12.1. The minimum atomic E-state index is 0.122. The normalized spacial score (nSPS) is 16.2. The number of carbonyl (C=O) groups is 1. The summed E-state index contributed by atoms with van der Waals surface area (Å²) in [6.45, 7) is 2.85. The Kier molecular flexibility index (Phi) is 3.97. The number of hydrogen-bond donors (Lipinski definition) is 2. The maximum Gasteiger partial charge on any atom is 0.279 e. The number of carbonyl (C=O) groups excluding carboxylic acids is 1. The lowest BCUT2D eigenvalue weighted by atomic mass is 10.1. The lowest BCUT2D eigenvalue weighted by Gasteiger charge is -2.22. The third-order valence-electron chi connectivity index (χ3n) is 4.00. The van der Waals surface area contributed by atoms with Crippen molar-refractivity contribution in [2.45, 2.75) is 19.3 Å². The van der Waals surface area contributed by atoms with Gasteiger partial charge in [-0.25, -0.2) is 0 Å². The van der Waals surface area contributed by atoms with Gasteiger partial charge in [0.1, 0.15) is 0 Å². The van der Waals surface area contributed by atoms with E-state index in [0.717, 1.165) is 24.2 Å². The number of quaternary nitrogens is 1. The highest BCUT2D eigenvalue weighted by Crippen LogP contribution is 2.18. The molecule has 0 aromatic heterocycles. The molecule has 1 aliphatic rings. The van der Waals surface area contributed by atoms with Crippen molar-refractivity contribution >= 4 is 22.4 Å². The third kappa shape index (κ3) is 3.17. The number of anilines is 1. The van der Waals surface area contributed by atoms with Crippen LogP contribution in [0.15, 0.2) is 42.5 Å². The summed E-state index contributed by atoms with van der Waals surface area (Å²) in [5, 5.41) is 5.39. The molecule has 2 N–H and O–H groups in total. The Balaban J connectivity index is 1.64. The minimum Gasteiger partial charge on any atom is -0.327 e. The summed E-state index contributed by atoms with van der Waals surface area (Å²) in [4.78, 5) is 13.5. The molecule has 0 bridgehead atoms. The Morgan fingerprint density at radius 2 is 1.75 bits per heavy atom. The predicted octanol–water partition coefficient (Wildman–Crippen LogP) is 1.85. The molecule has 1 fully saturated rings. The monoisotopic (exact) mass is 269 g/mol. The molecule has 0 radical (unpaired) electrons. The largest absolute Gasteiger partial charge is 0.327 e. The lowest BCUT2D eigenvalue weighted by Crippen LogP contribution is -3.13. The molecule has 3 nitrogen and oxygen atoms in total. The van der Waals surface area contributed by atoms with Gasteiger partial charge in [0.25, 0.3) is 5.91 Å². The highest BCUT2D eigenvalue weighted by Gasteiger charge is 2.17. The molecule has 1 aliphatic heterocycles. The van der Waals surface area contributed by atoms with Gasteiger partial charge in [-0.15, -0.1) is 0 Å². The van der Waals surface area contributed by atoms with Crippen molar-refractivity contribution in [3.63, 3.8) is 0 Å². The van der Waals surface area contributed by atoms with Crippen LogP contribution in [0.25, 0.3) is 10.8 Å². The third-order valence-corrected chi connectivity index (χ3v) is 4.00. The zero-order valence-electron chi connectivity index (χ0n) is 11.7. The Morgan fingerprint density at radius 3 is 2.55 bits per heavy atom.